The lowest BCUT2D eigenvalue weighted by molar-refractivity contribution is -0.386. The van der Waals surface area contributed by atoms with Crippen molar-refractivity contribution in [1.82, 2.24) is 0 Å². The normalized spacial score (nSPS) is 11.6. The number of carbonyl (C=O) groups excluding carboxylic acids is 1. The van der Waals surface area contributed by atoms with Gasteiger partial charge in [0.15, 0.2) is 11.9 Å². The Balaban J connectivity index is 2.08. The Hall–Kier alpha value is -2.89. The molecule has 0 saturated carbocycles. The Morgan fingerprint density at radius 2 is 1.87 bits per heavy atom. The van der Waals surface area contributed by atoms with Crippen molar-refractivity contribution in [1.29, 1.82) is 0 Å². The summed E-state index contributed by atoms with van der Waals surface area (Å²) in [5.41, 5.74) is 2.69. The first-order chi connectivity index (χ1) is 10.9. The molecule has 0 aliphatic heterocycles. The van der Waals surface area contributed by atoms with Crippen molar-refractivity contribution < 1.29 is 14.5 Å². The Morgan fingerprint density at radius 3 is 2.52 bits per heavy atom. The minimum atomic E-state index is -0.863. The zero-order valence-electron chi connectivity index (χ0n) is 13.2. The van der Waals surface area contributed by atoms with Gasteiger partial charge < -0.3 is 10.1 Å². The van der Waals surface area contributed by atoms with Crippen LogP contribution in [0.4, 0.5) is 11.4 Å². The van der Waals surface area contributed by atoms with Gasteiger partial charge in [-0.05, 0) is 50.1 Å². The van der Waals surface area contributed by atoms with Crippen LogP contribution in [0.2, 0.25) is 0 Å². The van der Waals surface area contributed by atoms with E-state index in [9.17, 15) is 14.9 Å². The highest BCUT2D eigenvalue weighted by Gasteiger charge is 2.20. The highest BCUT2D eigenvalue weighted by molar-refractivity contribution is 5.94. The summed E-state index contributed by atoms with van der Waals surface area (Å²) in [7, 11) is 0. The van der Waals surface area contributed by atoms with Crippen LogP contribution in [-0.4, -0.2) is 16.9 Å². The Morgan fingerprint density at radius 1 is 1.17 bits per heavy atom. The number of para-hydroxylation sites is 2. The quantitative estimate of drug-likeness (QED) is 0.675. The maximum absolute atomic E-state index is 12.2. The summed E-state index contributed by atoms with van der Waals surface area (Å²) < 4.78 is 5.44. The molecule has 0 unspecified atom stereocenters. The van der Waals surface area contributed by atoms with E-state index in [2.05, 4.69) is 5.32 Å². The molecule has 0 aliphatic rings. The van der Waals surface area contributed by atoms with Gasteiger partial charge in [0.1, 0.15) is 0 Å². The summed E-state index contributed by atoms with van der Waals surface area (Å²) in [5.74, 6) is -0.299. The van der Waals surface area contributed by atoms with Gasteiger partial charge in [-0.2, -0.15) is 0 Å². The van der Waals surface area contributed by atoms with Gasteiger partial charge in [0, 0.05) is 11.8 Å². The van der Waals surface area contributed by atoms with Crippen LogP contribution in [-0.2, 0) is 4.79 Å². The summed E-state index contributed by atoms with van der Waals surface area (Å²) >= 11 is 0. The van der Waals surface area contributed by atoms with Gasteiger partial charge >= 0.3 is 5.69 Å². The minimum Gasteiger partial charge on any atom is -0.474 e. The molecule has 120 valence electrons. The molecule has 0 aromatic heterocycles. The number of ether oxygens (including phenoxy) is 1. The molecular weight excluding hydrogens is 296 g/mol. The van der Waals surface area contributed by atoms with Gasteiger partial charge in [-0.3, -0.25) is 14.9 Å². The van der Waals surface area contributed by atoms with Crippen molar-refractivity contribution in [2.45, 2.75) is 26.9 Å². The third-order valence-corrected chi connectivity index (χ3v) is 3.51. The number of nitrogens with zero attached hydrogens (tertiary/aromatic N) is 1. The van der Waals surface area contributed by atoms with Crippen molar-refractivity contribution in [3.8, 4) is 5.75 Å². The number of amides is 1. The molecule has 2 aromatic rings. The molecule has 0 fully saturated rings. The standard InChI is InChI=1S/C17H18N2O4/c1-11-8-9-14(10-12(11)2)18-17(20)13(3)23-16-7-5-4-6-15(16)19(21)22/h4-10,13H,1-3H3,(H,18,20)/t13-/m1/s1. The van der Waals surface area contributed by atoms with Gasteiger partial charge in [0.25, 0.3) is 5.91 Å². The number of hydrogen-bond donors (Lipinski definition) is 1. The van der Waals surface area contributed by atoms with Crippen LogP contribution in [0.5, 0.6) is 5.75 Å². The molecule has 1 amide bonds. The number of rotatable bonds is 5. The molecule has 0 aliphatic carbocycles. The zero-order valence-corrected chi connectivity index (χ0v) is 13.2. The average molecular weight is 314 g/mol. The fourth-order valence-corrected chi connectivity index (χ4v) is 2.01. The largest absolute Gasteiger partial charge is 0.474 e. The number of benzene rings is 2. The first-order valence-corrected chi connectivity index (χ1v) is 7.16. The maximum atomic E-state index is 12.2. The predicted molar refractivity (Wildman–Crippen MR) is 87.7 cm³/mol. The fraction of sp³-hybridized carbons (Fsp3) is 0.235. The first-order valence-electron chi connectivity index (χ1n) is 7.16. The summed E-state index contributed by atoms with van der Waals surface area (Å²) in [4.78, 5) is 22.6. The van der Waals surface area contributed by atoms with Crippen LogP contribution in [0.25, 0.3) is 0 Å². The Labute approximate surface area is 134 Å². The molecule has 2 aromatic carbocycles. The second-order valence-corrected chi connectivity index (χ2v) is 5.27. The molecule has 0 heterocycles. The molecule has 6 nitrogen and oxygen atoms in total. The summed E-state index contributed by atoms with van der Waals surface area (Å²) in [6.45, 7) is 5.49. The third kappa shape index (κ3) is 4.06. The van der Waals surface area contributed by atoms with Crippen molar-refractivity contribution in [3.63, 3.8) is 0 Å². The molecule has 6 heteroatoms. The van der Waals surface area contributed by atoms with E-state index in [4.69, 9.17) is 4.74 Å². The van der Waals surface area contributed by atoms with Crippen LogP contribution in [0, 0.1) is 24.0 Å². The topological polar surface area (TPSA) is 81.5 Å². The smallest absolute Gasteiger partial charge is 0.310 e. The highest BCUT2D eigenvalue weighted by Crippen LogP contribution is 2.27. The summed E-state index contributed by atoms with van der Waals surface area (Å²) in [6, 6.07) is 11.6. The average Bonchev–Trinajstić information content (AvgIpc) is 2.51. The lowest BCUT2D eigenvalue weighted by Gasteiger charge is -2.15. The van der Waals surface area contributed by atoms with Crippen LogP contribution < -0.4 is 10.1 Å². The van der Waals surface area contributed by atoms with Crippen LogP contribution in [0.15, 0.2) is 42.5 Å². The molecule has 1 atom stereocenters. The van der Waals surface area contributed by atoms with Gasteiger partial charge in [-0.15, -0.1) is 0 Å². The number of nitrogens with one attached hydrogen (secondary N) is 1. The van der Waals surface area contributed by atoms with E-state index in [0.717, 1.165) is 11.1 Å². The van der Waals surface area contributed by atoms with Gasteiger partial charge in [0.2, 0.25) is 0 Å². The highest BCUT2D eigenvalue weighted by atomic mass is 16.6. The van der Waals surface area contributed by atoms with Crippen LogP contribution >= 0.6 is 0 Å². The molecule has 0 radical (unpaired) electrons. The molecule has 0 spiro atoms. The second kappa shape index (κ2) is 6.91. The third-order valence-electron chi connectivity index (χ3n) is 3.51. The van der Waals surface area contributed by atoms with Crippen LogP contribution in [0.3, 0.4) is 0 Å². The van der Waals surface area contributed by atoms with E-state index in [1.807, 2.05) is 26.0 Å². The van der Waals surface area contributed by atoms with E-state index in [-0.39, 0.29) is 17.3 Å². The van der Waals surface area contributed by atoms with Crippen molar-refractivity contribution in [3.05, 3.63) is 63.7 Å². The molecular formula is C17H18N2O4. The van der Waals surface area contributed by atoms with Gasteiger partial charge in [-0.25, -0.2) is 0 Å². The SMILES string of the molecule is Cc1ccc(NC(=O)[C@@H](C)Oc2ccccc2[N+](=O)[O-])cc1C. The zero-order chi connectivity index (χ0) is 17.0. The molecule has 23 heavy (non-hydrogen) atoms. The van der Waals surface area contributed by atoms with E-state index < -0.39 is 11.0 Å². The molecule has 2 rings (SSSR count). The Bertz CT molecular complexity index is 743. The number of nitro groups is 1. The second-order valence-electron chi connectivity index (χ2n) is 5.27. The van der Waals surface area contributed by atoms with Crippen molar-refractivity contribution in [2.75, 3.05) is 5.32 Å². The monoisotopic (exact) mass is 314 g/mol. The van der Waals surface area contributed by atoms with E-state index >= 15 is 0 Å². The summed E-state index contributed by atoms with van der Waals surface area (Å²) in [5, 5.41) is 13.7. The number of anilines is 1. The van der Waals surface area contributed by atoms with Gasteiger partial charge in [-0.1, -0.05) is 18.2 Å². The lowest BCUT2D eigenvalue weighted by atomic mass is 10.1. The maximum Gasteiger partial charge on any atom is 0.310 e. The Kier molecular flexibility index (Phi) is 4.95. The van der Waals surface area contributed by atoms with E-state index in [0.29, 0.717) is 5.69 Å². The number of aryl methyl sites for hydroxylation is 2. The van der Waals surface area contributed by atoms with Crippen molar-refractivity contribution >= 4 is 17.3 Å². The lowest BCUT2D eigenvalue weighted by Crippen LogP contribution is -2.30. The van der Waals surface area contributed by atoms with Crippen molar-refractivity contribution in [2.24, 2.45) is 0 Å². The minimum absolute atomic E-state index is 0.0697. The number of nitro benzene ring substituents is 1. The molecule has 1 N–H and O–H groups in total. The molecule has 0 bridgehead atoms. The predicted octanol–water partition coefficient (Wildman–Crippen LogP) is 3.62. The molecule has 0 saturated heterocycles. The fourth-order valence-electron chi connectivity index (χ4n) is 2.01. The van der Waals surface area contributed by atoms with Crippen LogP contribution in [0.1, 0.15) is 18.1 Å². The van der Waals surface area contributed by atoms with Gasteiger partial charge in [0.05, 0.1) is 4.92 Å². The number of hydrogen-bond acceptors (Lipinski definition) is 4. The number of carbonyl (C=O) groups is 1. The first kappa shape index (κ1) is 16.5. The summed E-state index contributed by atoms with van der Waals surface area (Å²) in [6.07, 6.45) is -0.863. The van der Waals surface area contributed by atoms with E-state index in [1.54, 1.807) is 25.1 Å². The van der Waals surface area contributed by atoms with E-state index in [1.165, 1.54) is 12.1 Å².